The molecular formula is C14H13N2O5S-. The van der Waals surface area contributed by atoms with Crippen LogP contribution in [0, 0.1) is 0 Å². The minimum atomic E-state index is -3.65. The average Bonchev–Trinajstić information content (AvgIpc) is 3.00. The summed E-state index contributed by atoms with van der Waals surface area (Å²) >= 11 is 0. The molecule has 116 valence electrons. The molecule has 1 aliphatic rings. The van der Waals surface area contributed by atoms with Gasteiger partial charge in [0.2, 0.25) is 15.6 Å². The normalized spacial score (nSPS) is 16.2. The van der Waals surface area contributed by atoms with E-state index in [1.165, 1.54) is 22.5 Å². The Bertz CT molecular complexity index is 910. The molecule has 1 saturated heterocycles. The van der Waals surface area contributed by atoms with Gasteiger partial charge >= 0.3 is 0 Å². The van der Waals surface area contributed by atoms with E-state index in [1.54, 1.807) is 0 Å². The van der Waals surface area contributed by atoms with Crippen LogP contribution in [0.15, 0.2) is 34.0 Å². The summed E-state index contributed by atoms with van der Waals surface area (Å²) < 4.78 is 26.4. The molecular weight excluding hydrogens is 308 g/mol. The van der Waals surface area contributed by atoms with Crippen LogP contribution >= 0.6 is 0 Å². The molecule has 0 atom stereocenters. The Balaban J connectivity index is 2.21. The first-order valence-corrected chi connectivity index (χ1v) is 8.22. The molecule has 2 heterocycles. The van der Waals surface area contributed by atoms with Crippen LogP contribution in [0.4, 0.5) is 0 Å². The van der Waals surface area contributed by atoms with Crippen molar-refractivity contribution >= 4 is 26.9 Å². The molecule has 1 aromatic carbocycles. The molecule has 1 fully saturated rings. The molecule has 2 aromatic rings. The molecule has 3 rings (SSSR count). The lowest BCUT2D eigenvalue weighted by atomic mass is 10.1. The molecule has 0 unspecified atom stereocenters. The monoisotopic (exact) mass is 321 g/mol. The molecule has 0 aliphatic carbocycles. The Labute approximate surface area is 126 Å². The third-order valence-corrected chi connectivity index (χ3v) is 5.63. The number of aromatic amines is 1. The van der Waals surface area contributed by atoms with Gasteiger partial charge in [-0.2, -0.15) is 4.31 Å². The molecule has 1 N–H and O–H groups in total. The molecule has 0 amide bonds. The van der Waals surface area contributed by atoms with Crippen molar-refractivity contribution in [3.8, 4) is 0 Å². The molecule has 7 nitrogen and oxygen atoms in total. The summed E-state index contributed by atoms with van der Waals surface area (Å²) in [4.78, 5) is 25.1. The maximum atomic E-state index is 12.5. The lowest BCUT2D eigenvalue weighted by Crippen LogP contribution is -2.28. The highest BCUT2D eigenvalue weighted by Gasteiger charge is 2.27. The minimum absolute atomic E-state index is 0.0106. The summed E-state index contributed by atoms with van der Waals surface area (Å²) in [5, 5.41) is 11.3. The number of nitrogens with one attached hydrogen (secondary N) is 1. The fourth-order valence-electron chi connectivity index (χ4n) is 2.64. The Morgan fingerprint density at radius 1 is 1.18 bits per heavy atom. The number of carbonyl (C=O) groups is 1. The summed E-state index contributed by atoms with van der Waals surface area (Å²) in [5.41, 5.74) is -0.647. The first kappa shape index (κ1) is 14.7. The Kier molecular flexibility index (Phi) is 3.50. The van der Waals surface area contributed by atoms with Gasteiger partial charge in [0.1, 0.15) is 0 Å². The van der Waals surface area contributed by atoms with Crippen molar-refractivity contribution in [3.63, 3.8) is 0 Å². The number of sulfonamides is 1. The van der Waals surface area contributed by atoms with E-state index in [2.05, 4.69) is 4.98 Å². The fourth-order valence-corrected chi connectivity index (χ4v) is 4.18. The van der Waals surface area contributed by atoms with Crippen LogP contribution in [-0.2, 0) is 10.0 Å². The molecule has 0 bridgehead atoms. The predicted octanol–water partition coefficient (Wildman–Crippen LogP) is -0.324. The summed E-state index contributed by atoms with van der Waals surface area (Å²) in [6, 6.07) is 4.92. The van der Waals surface area contributed by atoms with E-state index in [-0.39, 0.29) is 21.4 Å². The van der Waals surface area contributed by atoms with E-state index in [0.717, 1.165) is 18.9 Å². The van der Waals surface area contributed by atoms with E-state index < -0.39 is 21.6 Å². The maximum absolute atomic E-state index is 12.5. The zero-order valence-corrected chi connectivity index (χ0v) is 12.4. The predicted molar refractivity (Wildman–Crippen MR) is 76.9 cm³/mol. The smallest absolute Gasteiger partial charge is 0.249 e. The van der Waals surface area contributed by atoms with Gasteiger partial charge in [0.05, 0.1) is 10.9 Å². The first-order valence-electron chi connectivity index (χ1n) is 6.78. The van der Waals surface area contributed by atoms with Crippen LogP contribution in [0.1, 0.15) is 23.2 Å². The topological polar surface area (TPSA) is 110 Å². The first-order chi connectivity index (χ1) is 10.4. The van der Waals surface area contributed by atoms with Crippen LogP contribution in [-0.4, -0.2) is 36.8 Å². The zero-order valence-electron chi connectivity index (χ0n) is 11.5. The number of nitrogens with zero attached hydrogens (tertiary/aromatic N) is 1. The lowest BCUT2D eigenvalue weighted by molar-refractivity contribution is -0.254. The summed E-state index contributed by atoms with van der Waals surface area (Å²) in [5.74, 6) is -1.52. The van der Waals surface area contributed by atoms with Crippen molar-refractivity contribution in [2.24, 2.45) is 0 Å². The Morgan fingerprint density at radius 3 is 2.50 bits per heavy atom. The SMILES string of the molecule is O=C([O-])c1cc(=O)[nH]c2ccc(S(=O)(=O)N3CCCC3)cc12. The standard InChI is InChI=1S/C14H14N2O5S/c17-13-8-11(14(18)19)10-7-9(3-4-12(10)15-13)22(20,21)16-5-1-2-6-16/h3-4,7-8H,1-2,5-6H2,(H,15,17)(H,18,19)/p-1. The van der Waals surface area contributed by atoms with Crippen molar-refractivity contribution < 1.29 is 18.3 Å². The average molecular weight is 321 g/mol. The van der Waals surface area contributed by atoms with Crippen molar-refractivity contribution in [1.29, 1.82) is 0 Å². The molecule has 1 aliphatic heterocycles. The van der Waals surface area contributed by atoms with Gasteiger partial charge in [-0.05, 0) is 31.0 Å². The molecule has 1 aromatic heterocycles. The van der Waals surface area contributed by atoms with Gasteiger partial charge in [0.25, 0.3) is 0 Å². The minimum Gasteiger partial charge on any atom is -0.545 e. The number of hydrogen-bond acceptors (Lipinski definition) is 5. The van der Waals surface area contributed by atoms with Crippen LogP contribution in [0.25, 0.3) is 10.9 Å². The van der Waals surface area contributed by atoms with E-state index >= 15 is 0 Å². The number of carboxylic acids is 1. The molecule has 22 heavy (non-hydrogen) atoms. The molecule has 0 spiro atoms. The second-order valence-corrected chi connectivity index (χ2v) is 7.09. The highest BCUT2D eigenvalue weighted by Crippen LogP contribution is 2.24. The Hall–Kier alpha value is -2.19. The zero-order chi connectivity index (χ0) is 15.9. The largest absolute Gasteiger partial charge is 0.545 e. The summed E-state index contributed by atoms with van der Waals surface area (Å²) in [7, 11) is -3.65. The van der Waals surface area contributed by atoms with Gasteiger partial charge < -0.3 is 14.9 Å². The van der Waals surface area contributed by atoms with Crippen molar-refractivity contribution in [3.05, 3.63) is 40.2 Å². The van der Waals surface area contributed by atoms with E-state index in [9.17, 15) is 23.1 Å². The van der Waals surface area contributed by atoms with Crippen LogP contribution < -0.4 is 10.7 Å². The molecule has 0 saturated carbocycles. The van der Waals surface area contributed by atoms with E-state index in [0.29, 0.717) is 13.1 Å². The van der Waals surface area contributed by atoms with Gasteiger partial charge in [0, 0.05) is 35.6 Å². The van der Waals surface area contributed by atoms with Crippen molar-refractivity contribution in [2.75, 3.05) is 13.1 Å². The highest BCUT2D eigenvalue weighted by molar-refractivity contribution is 7.89. The Morgan fingerprint density at radius 2 is 1.86 bits per heavy atom. The van der Waals surface area contributed by atoms with Crippen molar-refractivity contribution in [2.45, 2.75) is 17.7 Å². The van der Waals surface area contributed by atoms with E-state index in [4.69, 9.17) is 0 Å². The number of rotatable bonds is 3. The number of H-pyrrole nitrogens is 1. The summed E-state index contributed by atoms with van der Waals surface area (Å²) in [6.07, 6.45) is 1.62. The van der Waals surface area contributed by atoms with Crippen LogP contribution in [0.3, 0.4) is 0 Å². The number of hydrogen-bond donors (Lipinski definition) is 1. The van der Waals surface area contributed by atoms with Gasteiger partial charge in [-0.15, -0.1) is 0 Å². The molecule has 0 radical (unpaired) electrons. The second-order valence-electron chi connectivity index (χ2n) is 5.15. The quantitative estimate of drug-likeness (QED) is 0.832. The molecule has 8 heteroatoms. The number of aromatic nitrogens is 1. The summed E-state index contributed by atoms with van der Waals surface area (Å²) in [6.45, 7) is 0.915. The number of carboxylic acid groups (broad SMARTS) is 1. The number of pyridine rings is 1. The van der Waals surface area contributed by atoms with Gasteiger partial charge in [0.15, 0.2) is 0 Å². The van der Waals surface area contributed by atoms with Crippen LogP contribution in [0.2, 0.25) is 0 Å². The number of carbonyl (C=O) groups excluding carboxylic acids is 1. The van der Waals surface area contributed by atoms with E-state index in [1.807, 2.05) is 0 Å². The number of fused-ring (bicyclic) bond motifs is 1. The number of benzene rings is 1. The third kappa shape index (κ3) is 2.40. The highest BCUT2D eigenvalue weighted by atomic mass is 32.2. The van der Waals surface area contributed by atoms with Crippen molar-refractivity contribution in [1.82, 2.24) is 9.29 Å². The van der Waals surface area contributed by atoms with Gasteiger partial charge in [-0.25, -0.2) is 8.42 Å². The third-order valence-electron chi connectivity index (χ3n) is 3.74. The van der Waals surface area contributed by atoms with Crippen LogP contribution in [0.5, 0.6) is 0 Å². The van der Waals surface area contributed by atoms with Gasteiger partial charge in [-0.3, -0.25) is 4.79 Å². The second kappa shape index (κ2) is 5.22. The fraction of sp³-hybridized carbons (Fsp3) is 0.286. The maximum Gasteiger partial charge on any atom is 0.249 e. The number of aromatic carboxylic acids is 1. The van der Waals surface area contributed by atoms with Gasteiger partial charge in [-0.1, -0.05) is 0 Å². The lowest BCUT2D eigenvalue weighted by Gasteiger charge is -2.16.